The zero-order valence-corrected chi connectivity index (χ0v) is 28.7. The van der Waals surface area contributed by atoms with E-state index in [4.69, 9.17) is 16.0 Å². The zero-order valence-electron chi connectivity index (χ0n) is 24.3. The number of aliphatic imine (C=N–C) groups is 1. The molecule has 5 rings (SSSR count). The molecule has 0 aliphatic carbocycles. The van der Waals surface area contributed by atoms with Crippen LogP contribution < -0.4 is 50.3 Å². The van der Waals surface area contributed by atoms with E-state index in [2.05, 4.69) is 25.4 Å². The number of pyridine rings is 1. The van der Waals surface area contributed by atoms with Crippen LogP contribution in [0.3, 0.4) is 0 Å². The van der Waals surface area contributed by atoms with E-state index in [-0.39, 0.29) is 69.2 Å². The summed E-state index contributed by atoms with van der Waals surface area (Å²) in [6.07, 6.45) is 6.96. The average Bonchev–Trinajstić information content (AvgIpc) is 3.70. The van der Waals surface area contributed by atoms with Gasteiger partial charge in [0, 0.05) is 34.2 Å². The number of carbonyl (C=O) groups is 4. The number of carbonyl (C=O) groups excluding carboxylic acids is 4. The molecule has 2 aliphatic rings. The van der Waals surface area contributed by atoms with Crippen molar-refractivity contribution in [3.05, 3.63) is 74.8 Å². The second-order valence-electron chi connectivity index (χ2n) is 9.19. The fourth-order valence-corrected chi connectivity index (χ4v) is 6.94. The summed E-state index contributed by atoms with van der Waals surface area (Å²) in [5.74, 6) is -3.25. The van der Waals surface area contributed by atoms with Crippen LogP contribution in [0.5, 0.6) is 0 Å². The number of carboxylic acids is 1. The van der Waals surface area contributed by atoms with Gasteiger partial charge in [-0.1, -0.05) is 11.2 Å². The van der Waals surface area contributed by atoms with E-state index in [1.54, 1.807) is 49.0 Å². The van der Waals surface area contributed by atoms with E-state index in [1.165, 1.54) is 23.2 Å². The third-order valence-electron chi connectivity index (χ3n) is 6.40. The maximum absolute atomic E-state index is 13.1. The molecule has 0 bridgehead atoms. The number of nitrogens with two attached hydrogens (primary N) is 1. The fraction of sp³-hybridized carbons (Fsp3) is 0.222. The third-order valence-corrected chi connectivity index (χ3v) is 9.21. The predicted octanol–water partition coefficient (Wildman–Crippen LogP) is -2.58. The van der Waals surface area contributed by atoms with Gasteiger partial charge in [-0.05, 0) is 18.6 Å². The van der Waals surface area contributed by atoms with Gasteiger partial charge in [-0.25, -0.2) is 14.5 Å². The largest absolute Gasteiger partial charge is 1.00 e. The summed E-state index contributed by atoms with van der Waals surface area (Å²) in [7, 11) is 0. The molecule has 3 N–H and O–H groups in total. The maximum atomic E-state index is 13.1. The van der Waals surface area contributed by atoms with Crippen LogP contribution in [-0.2, 0) is 25.8 Å². The number of carboxylic acid groups (broad SMARTS) is 1. The Morgan fingerprint density at radius 1 is 1.28 bits per heavy atom. The molecule has 0 saturated carbocycles. The van der Waals surface area contributed by atoms with Gasteiger partial charge >= 0.3 is 29.6 Å². The number of anilines is 1. The van der Waals surface area contributed by atoms with E-state index in [0.29, 0.717) is 17.8 Å². The Labute approximate surface area is 295 Å². The predicted molar refractivity (Wildman–Crippen MR) is 164 cm³/mol. The molecule has 3 amide bonds. The molecular weight excluding hydrogens is 666 g/mol. The molecule has 0 spiro atoms. The van der Waals surface area contributed by atoms with Crippen LogP contribution in [0.25, 0.3) is 16.7 Å². The van der Waals surface area contributed by atoms with Crippen LogP contribution >= 0.6 is 34.4 Å². The van der Waals surface area contributed by atoms with E-state index >= 15 is 0 Å². The molecule has 2 atom stereocenters. The second-order valence-corrected chi connectivity index (χ2v) is 12.0. The normalized spacial score (nSPS) is 17.5. The molecular formula is C27H22N9NaO6S3. The number of amides is 3. The van der Waals surface area contributed by atoms with Gasteiger partial charge in [-0.3, -0.25) is 19.3 Å². The number of allylic oxidation sites excluding steroid dienone is 2. The van der Waals surface area contributed by atoms with Crippen LogP contribution in [0.1, 0.15) is 22.4 Å². The number of hydrogen-bond acceptors (Lipinski definition) is 13. The van der Waals surface area contributed by atoms with Crippen molar-refractivity contribution in [3.8, 4) is 11.3 Å². The Morgan fingerprint density at radius 2 is 2.04 bits per heavy atom. The minimum Gasteiger partial charge on any atom is -0.543 e. The molecule has 15 nitrogen and oxygen atoms in total. The molecule has 46 heavy (non-hydrogen) atoms. The molecule has 2 aliphatic heterocycles. The molecule has 1 saturated heterocycles. The van der Waals surface area contributed by atoms with Crippen molar-refractivity contribution in [2.45, 2.75) is 24.9 Å². The summed E-state index contributed by atoms with van der Waals surface area (Å²) in [4.78, 5) is 67.6. The summed E-state index contributed by atoms with van der Waals surface area (Å²) in [5.41, 5.74) is 7.18. The van der Waals surface area contributed by atoms with Crippen molar-refractivity contribution in [2.24, 2.45) is 10.1 Å². The van der Waals surface area contributed by atoms with Crippen molar-refractivity contribution in [2.75, 3.05) is 18.1 Å². The van der Waals surface area contributed by atoms with Crippen LogP contribution in [-0.4, -0.2) is 74.1 Å². The van der Waals surface area contributed by atoms with Gasteiger partial charge in [0.05, 0.1) is 17.4 Å². The average molecular weight is 688 g/mol. The number of oxime groups is 1. The number of thiazole rings is 2. The minimum atomic E-state index is -1.50. The standard InChI is InChI=1S/C27H23N9O6S3.Na/c1-2-42-34-18(17-12-45-27(29)32-17)21(37)33-19-24(39)36-20(26(40)41)15(10-44-25(19)36)4-3-7-35-8-5-14(6-9-35)16-11-43-23(31-16)22(38)30-13-28;/h3-6,8-9,11-12,19,25H,2,7,10H2,1H3,(H2,29,32)(H,33,37)(H,40,41);/q;+1/p-1/b4-3+,34-18-;/t19-,25-;/m1./s1. The van der Waals surface area contributed by atoms with E-state index in [1.807, 2.05) is 4.57 Å². The molecule has 5 heterocycles. The van der Waals surface area contributed by atoms with E-state index in [0.717, 1.165) is 33.1 Å². The van der Waals surface area contributed by atoms with Crippen molar-refractivity contribution < 1.29 is 63.2 Å². The van der Waals surface area contributed by atoms with Gasteiger partial charge in [0.1, 0.15) is 23.7 Å². The quantitative estimate of drug-likeness (QED) is 0.0705. The molecule has 0 unspecified atom stereocenters. The number of β-lactam (4-membered cyclic amide) rings is 1. The first kappa shape index (κ1) is 34.8. The van der Waals surface area contributed by atoms with Gasteiger partial charge in [-0.15, -0.1) is 40.4 Å². The van der Waals surface area contributed by atoms with Gasteiger partial charge in [0.2, 0.25) is 5.91 Å². The Bertz CT molecular complexity index is 1810. The summed E-state index contributed by atoms with van der Waals surface area (Å²) >= 11 is 3.51. The van der Waals surface area contributed by atoms with Crippen molar-refractivity contribution >= 4 is 75.0 Å². The number of fused-ring (bicyclic) bond motifs is 1. The van der Waals surface area contributed by atoms with E-state index in [9.17, 15) is 24.3 Å². The molecule has 0 aromatic carbocycles. The van der Waals surface area contributed by atoms with Crippen LogP contribution in [0.15, 0.2) is 68.9 Å². The number of aromatic nitrogens is 3. The summed E-state index contributed by atoms with van der Waals surface area (Å²) in [6, 6.07) is 4.06. The molecule has 19 heteroatoms. The number of nitrogens with one attached hydrogen (secondary N) is 1. The minimum absolute atomic E-state index is 0. The molecule has 3 aromatic heterocycles. The molecule has 3 aromatic rings. The van der Waals surface area contributed by atoms with Gasteiger partial charge in [0.25, 0.3) is 11.8 Å². The van der Waals surface area contributed by atoms with Gasteiger partial charge in [-0.2, -0.15) is 0 Å². The smallest absolute Gasteiger partial charge is 0.543 e. The molecule has 230 valence electrons. The SMILES string of the molecule is CCO/N=C(\C(=O)N[C@@H]1C(=O)N2C(C(=O)[O-])=C(/C=C/C[n+]3ccc(-c4csc(C(=O)N=C=[N-])n4)cc3)CS[C@H]12)c1csc(N)n1.[Na+]. The number of thioether (sulfide) groups is 1. The molecule has 0 radical (unpaired) electrons. The second kappa shape index (κ2) is 15.5. The first-order valence-corrected chi connectivity index (χ1v) is 15.9. The Balaban J connectivity index is 0.00000480. The van der Waals surface area contributed by atoms with Crippen LogP contribution in [0.4, 0.5) is 5.13 Å². The van der Waals surface area contributed by atoms with Crippen LogP contribution in [0.2, 0.25) is 0 Å². The van der Waals surface area contributed by atoms with E-state index < -0.39 is 35.1 Å². The number of aliphatic carboxylic acids is 1. The fourth-order valence-electron chi connectivity index (χ4n) is 4.36. The first-order valence-electron chi connectivity index (χ1n) is 13.1. The summed E-state index contributed by atoms with van der Waals surface area (Å²) < 4.78 is 1.83. The third kappa shape index (κ3) is 7.50. The Morgan fingerprint density at radius 3 is 2.70 bits per heavy atom. The number of rotatable bonds is 11. The topological polar surface area (TPSA) is 219 Å². The van der Waals surface area contributed by atoms with Gasteiger partial charge < -0.3 is 36.2 Å². The van der Waals surface area contributed by atoms with Crippen molar-refractivity contribution in [3.63, 3.8) is 0 Å². The summed E-state index contributed by atoms with van der Waals surface area (Å²) in [5, 5.41) is 30.0. The van der Waals surface area contributed by atoms with Crippen molar-refractivity contribution in [1.82, 2.24) is 20.2 Å². The Hall–Kier alpha value is -4.03. The van der Waals surface area contributed by atoms with Crippen LogP contribution in [0, 0.1) is 0 Å². The number of nitrogens with zero attached hydrogens (tertiary/aromatic N) is 7. The molecule has 1 fully saturated rings. The Kier molecular flexibility index (Phi) is 11.7. The maximum Gasteiger partial charge on any atom is 1.00 e. The number of hydrogen-bond donors (Lipinski definition) is 2. The first-order chi connectivity index (χ1) is 21.7. The number of nitrogen functional groups attached to an aromatic ring is 1. The van der Waals surface area contributed by atoms with Gasteiger partial charge in [0.15, 0.2) is 34.8 Å². The summed E-state index contributed by atoms with van der Waals surface area (Å²) in [6.45, 7) is 2.27. The van der Waals surface area contributed by atoms with Crippen molar-refractivity contribution in [1.29, 1.82) is 0 Å². The monoisotopic (exact) mass is 687 g/mol. The zero-order chi connectivity index (χ0) is 32.1.